The number of amides is 2. The number of rotatable bonds is 11. The molecule has 0 heterocycles. The van der Waals surface area contributed by atoms with E-state index in [0.717, 1.165) is 9.87 Å². The standard InChI is InChI=1S/C27H31N3O6S/c1-20(27(32)28-2)29(18-21-14-16-22(35-3)17-15-21)26(31)19-30(24-12-8-9-13-25(24)36-4)37(33,34)23-10-6-5-7-11-23/h5-17,20H,18-19H2,1-4H3,(H,28,32)/t20-/m0/s1. The van der Waals surface area contributed by atoms with Crippen molar-refractivity contribution in [2.75, 3.05) is 32.1 Å². The van der Waals surface area contributed by atoms with Crippen LogP contribution in [0.25, 0.3) is 0 Å². The second-order valence-electron chi connectivity index (χ2n) is 8.16. The van der Waals surface area contributed by atoms with Gasteiger partial charge in [-0.05, 0) is 48.9 Å². The van der Waals surface area contributed by atoms with Gasteiger partial charge >= 0.3 is 0 Å². The van der Waals surface area contributed by atoms with E-state index in [1.54, 1.807) is 80.8 Å². The number of benzene rings is 3. The summed E-state index contributed by atoms with van der Waals surface area (Å²) in [5, 5.41) is 2.56. The summed E-state index contributed by atoms with van der Waals surface area (Å²) >= 11 is 0. The number of carbonyl (C=O) groups excluding carboxylic acids is 2. The first-order chi connectivity index (χ1) is 17.7. The molecular formula is C27H31N3O6S. The van der Waals surface area contributed by atoms with Gasteiger partial charge < -0.3 is 19.7 Å². The molecule has 0 aliphatic heterocycles. The smallest absolute Gasteiger partial charge is 0.264 e. The molecule has 1 N–H and O–H groups in total. The molecular weight excluding hydrogens is 494 g/mol. The Bertz CT molecular complexity index is 1310. The van der Waals surface area contributed by atoms with Gasteiger partial charge in [0.05, 0.1) is 24.8 Å². The summed E-state index contributed by atoms with van der Waals surface area (Å²) in [6.07, 6.45) is 0. The highest BCUT2D eigenvalue weighted by Crippen LogP contribution is 2.32. The molecule has 10 heteroatoms. The highest BCUT2D eigenvalue weighted by atomic mass is 32.2. The van der Waals surface area contributed by atoms with Gasteiger partial charge in [-0.25, -0.2) is 8.42 Å². The molecule has 9 nitrogen and oxygen atoms in total. The Kier molecular flexibility index (Phi) is 9.13. The number of nitrogens with zero attached hydrogens (tertiary/aromatic N) is 2. The Morgan fingerprint density at radius 3 is 2.11 bits per heavy atom. The SMILES string of the molecule is CNC(=O)[C@H](C)N(Cc1ccc(OC)cc1)C(=O)CN(c1ccccc1OC)S(=O)(=O)c1ccccc1. The van der Waals surface area contributed by atoms with Crippen molar-refractivity contribution in [3.63, 3.8) is 0 Å². The molecule has 0 unspecified atom stereocenters. The van der Waals surface area contributed by atoms with Gasteiger partial charge in [0.25, 0.3) is 10.0 Å². The van der Waals surface area contributed by atoms with Gasteiger partial charge in [-0.15, -0.1) is 0 Å². The Hall–Kier alpha value is -4.05. The predicted octanol–water partition coefficient (Wildman–Crippen LogP) is 3.06. The van der Waals surface area contributed by atoms with E-state index < -0.39 is 28.5 Å². The van der Waals surface area contributed by atoms with E-state index in [0.29, 0.717) is 5.75 Å². The van der Waals surface area contributed by atoms with Crippen molar-refractivity contribution < 1.29 is 27.5 Å². The van der Waals surface area contributed by atoms with Crippen LogP contribution in [0.1, 0.15) is 12.5 Å². The lowest BCUT2D eigenvalue weighted by Gasteiger charge is -2.32. The fourth-order valence-corrected chi connectivity index (χ4v) is 5.23. The molecule has 2 amide bonds. The minimum Gasteiger partial charge on any atom is -0.497 e. The van der Waals surface area contributed by atoms with Crippen LogP contribution in [0.15, 0.2) is 83.8 Å². The van der Waals surface area contributed by atoms with E-state index in [1.165, 1.54) is 31.2 Å². The van der Waals surface area contributed by atoms with Crippen molar-refractivity contribution in [2.24, 2.45) is 0 Å². The number of ether oxygens (including phenoxy) is 2. The molecule has 0 saturated carbocycles. The van der Waals surface area contributed by atoms with Crippen LogP contribution in [-0.4, -0.2) is 59.0 Å². The lowest BCUT2D eigenvalue weighted by atomic mass is 10.1. The molecule has 0 saturated heterocycles. The number of para-hydroxylation sites is 2. The monoisotopic (exact) mass is 525 g/mol. The Morgan fingerprint density at radius 2 is 1.51 bits per heavy atom. The fourth-order valence-electron chi connectivity index (χ4n) is 3.79. The van der Waals surface area contributed by atoms with Gasteiger partial charge in [0.15, 0.2) is 0 Å². The average molecular weight is 526 g/mol. The molecule has 0 aliphatic rings. The zero-order chi connectivity index (χ0) is 27.0. The number of methoxy groups -OCH3 is 2. The Balaban J connectivity index is 2.04. The Labute approximate surface area is 217 Å². The van der Waals surface area contributed by atoms with Crippen LogP contribution in [0.4, 0.5) is 5.69 Å². The molecule has 196 valence electrons. The summed E-state index contributed by atoms with van der Waals surface area (Å²) in [4.78, 5) is 27.7. The summed E-state index contributed by atoms with van der Waals surface area (Å²) in [5.41, 5.74) is 0.957. The van der Waals surface area contributed by atoms with E-state index in [9.17, 15) is 18.0 Å². The van der Waals surface area contributed by atoms with E-state index in [-0.39, 0.29) is 28.8 Å². The van der Waals surface area contributed by atoms with E-state index >= 15 is 0 Å². The molecule has 0 fully saturated rings. The van der Waals surface area contributed by atoms with Crippen molar-refractivity contribution >= 4 is 27.5 Å². The van der Waals surface area contributed by atoms with Crippen LogP contribution in [-0.2, 0) is 26.2 Å². The van der Waals surface area contributed by atoms with Crippen molar-refractivity contribution in [3.05, 3.63) is 84.4 Å². The van der Waals surface area contributed by atoms with Gasteiger partial charge in [-0.3, -0.25) is 13.9 Å². The van der Waals surface area contributed by atoms with Gasteiger partial charge in [0.2, 0.25) is 11.8 Å². The van der Waals surface area contributed by atoms with Crippen LogP contribution in [0.3, 0.4) is 0 Å². The van der Waals surface area contributed by atoms with Gasteiger partial charge in [-0.2, -0.15) is 0 Å². The number of likely N-dealkylation sites (N-methyl/N-ethyl adjacent to an activating group) is 1. The largest absolute Gasteiger partial charge is 0.497 e. The van der Waals surface area contributed by atoms with Crippen molar-refractivity contribution in [3.8, 4) is 11.5 Å². The number of carbonyl (C=O) groups is 2. The average Bonchev–Trinajstić information content (AvgIpc) is 2.94. The molecule has 1 atom stereocenters. The molecule has 37 heavy (non-hydrogen) atoms. The number of hydrogen-bond donors (Lipinski definition) is 1. The van der Waals surface area contributed by atoms with Crippen LogP contribution >= 0.6 is 0 Å². The molecule has 3 aromatic carbocycles. The molecule has 3 rings (SSSR count). The fraction of sp³-hybridized carbons (Fsp3) is 0.259. The van der Waals surface area contributed by atoms with Gasteiger partial charge in [0, 0.05) is 13.6 Å². The second kappa shape index (κ2) is 12.3. The minimum atomic E-state index is -4.16. The number of hydrogen-bond acceptors (Lipinski definition) is 6. The van der Waals surface area contributed by atoms with Gasteiger partial charge in [-0.1, -0.05) is 42.5 Å². The molecule has 0 bridgehead atoms. The molecule has 0 aromatic heterocycles. The van der Waals surface area contributed by atoms with Crippen LogP contribution < -0.4 is 19.1 Å². The topological polar surface area (TPSA) is 105 Å². The van der Waals surface area contributed by atoms with E-state index in [1.807, 2.05) is 0 Å². The van der Waals surface area contributed by atoms with Crippen molar-refractivity contribution in [2.45, 2.75) is 24.4 Å². The molecule has 3 aromatic rings. The zero-order valence-corrected chi connectivity index (χ0v) is 22.1. The number of sulfonamides is 1. The van der Waals surface area contributed by atoms with Crippen molar-refractivity contribution in [1.29, 1.82) is 0 Å². The molecule has 0 radical (unpaired) electrons. The van der Waals surface area contributed by atoms with Crippen molar-refractivity contribution in [1.82, 2.24) is 10.2 Å². The summed E-state index contributed by atoms with van der Waals surface area (Å²) in [6.45, 7) is 1.14. The normalized spacial score (nSPS) is 11.8. The lowest BCUT2D eigenvalue weighted by molar-refractivity contribution is -0.139. The maximum Gasteiger partial charge on any atom is 0.264 e. The van der Waals surface area contributed by atoms with Gasteiger partial charge in [0.1, 0.15) is 24.1 Å². The first-order valence-electron chi connectivity index (χ1n) is 11.6. The Morgan fingerprint density at radius 1 is 0.892 bits per heavy atom. The first-order valence-corrected chi connectivity index (χ1v) is 13.0. The van der Waals surface area contributed by atoms with E-state index in [2.05, 4.69) is 5.32 Å². The lowest BCUT2D eigenvalue weighted by Crippen LogP contribution is -2.50. The maximum absolute atomic E-state index is 13.8. The summed E-state index contributed by atoms with van der Waals surface area (Å²) < 4.78 is 39.1. The number of anilines is 1. The third kappa shape index (κ3) is 6.39. The summed E-state index contributed by atoms with van der Waals surface area (Å²) in [6, 6.07) is 20.6. The first kappa shape index (κ1) is 27.5. The minimum absolute atomic E-state index is 0.0229. The quantitative estimate of drug-likeness (QED) is 0.413. The van der Waals surface area contributed by atoms with E-state index in [4.69, 9.17) is 9.47 Å². The second-order valence-corrected chi connectivity index (χ2v) is 10.0. The molecule has 0 spiro atoms. The number of nitrogens with one attached hydrogen (secondary N) is 1. The third-order valence-electron chi connectivity index (χ3n) is 5.89. The molecule has 0 aliphatic carbocycles. The maximum atomic E-state index is 13.8. The summed E-state index contributed by atoms with van der Waals surface area (Å²) in [5.74, 6) is 0.00193. The summed E-state index contributed by atoms with van der Waals surface area (Å²) in [7, 11) is 0.304. The highest BCUT2D eigenvalue weighted by Gasteiger charge is 2.33. The van der Waals surface area contributed by atoms with Crippen LogP contribution in [0.2, 0.25) is 0 Å². The third-order valence-corrected chi connectivity index (χ3v) is 7.66. The van der Waals surface area contributed by atoms with Crippen LogP contribution in [0.5, 0.6) is 11.5 Å². The predicted molar refractivity (Wildman–Crippen MR) is 141 cm³/mol. The zero-order valence-electron chi connectivity index (χ0n) is 21.2. The highest BCUT2D eigenvalue weighted by molar-refractivity contribution is 7.92. The van der Waals surface area contributed by atoms with Crippen LogP contribution in [0, 0.1) is 0 Å².